The molecule has 1 N–H and O–H groups in total. The number of carboxylic acids is 1. The van der Waals surface area contributed by atoms with Crippen molar-refractivity contribution in [2.24, 2.45) is 0 Å². The van der Waals surface area contributed by atoms with Crippen LogP contribution in [0.3, 0.4) is 0 Å². The van der Waals surface area contributed by atoms with Gasteiger partial charge in [-0.1, -0.05) is 39.0 Å². The number of nitrogens with zero attached hydrogens (tertiary/aromatic N) is 2. The first-order valence-corrected chi connectivity index (χ1v) is 7.40. The molecule has 0 aliphatic heterocycles. The van der Waals surface area contributed by atoms with Crippen molar-refractivity contribution in [3.63, 3.8) is 0 Å². The number of rotatable bonds is 8. The minimum Gasteiger partial charge on any atom is -0.478 e. The summed E-state index contributed by atoms with van der Waals surface area (Å²) in [6.07, 6.45) is 9.42. The van der Waals surface area contributed by atoms with Gasteiger partial charge in [0.05, 0.1) is 22.9 Å². The Bertz CT molecular complexity index is 575. The van der Waals surface area contributed by atoms with E-state index in [1.54, 1.807) is 12.1 Å². The SMILES string of the molecule is CCCCCCCCn1cnc2cc(C(=O)O)ccc21. The molecule has 0 spiro atoms. The number of aromatic nitrogens is 2. The summed E-state index contributed by atoms with van der Waals surface area (Å²) in [5.74, 6) is -0.905. The average molecular weight is 274 g/mol. The fourth-order valence-electron chi connectivity index (χ4n) is 2.44. The lowest BCUT2D eigenvalue weighted by molar-refractivity contribution is 0.0697. The van der Waals surface area contributed by atoms with Crippen LogP contribution in [0, 0.1) is 0 Å². The number of aromatic carboxylic acids is 1. The van der Waals surface area contributed by atoms with Crippen LogP contribution < -0.4 is 0 Å². The molecule has 0 saturated heterocycles. The molecular weight excluding hydrogens is 252 g/mol. The van der Waals surface area contributed by atoms with Crippen LogP contribution in [-0.2, 0) is 6.54 Å². The Labute approximate surface area is 119 Å². The zero-order chi connectivity index (χ0) is 14.4. The molecule has 0 fully saturated rings. The molecule has 2 aromatic rings. The van der Waals surface area contributed by atoms with Gasteiger partial charge < -0.3 is 9.67 Å². The molecule has 0 atom stereocenters. The van der Waals surface area contributed by atoms with Crippen molar-refractivity contribution >= 4 is 17.0 Å². The average Bonchev–Trinajstić information content (AvgIpc) is 2.85. The molecule has 0 bridgehead atoms. The number of imidazole rings is 1. The second kappa shape index (κ2) is 7.08. The number of hydrogen-bond acceptors (Lipinski definition) is 2. The Morgan fingerprint density at radius 1 is 1.20 bits per heavy atom. The molecular formula is C16H22N2O2. The van der Waals surface area contributed by atoms with Crippen LogP contribution >= 0.6 is 0 Å². The number of unbranched alkanes of at least 4 members (excludes halogenated alkanes) is 5. The zero-order valence-electron chi connectivity index (χ0n) is 12.0. The molecule has 2 rings (SSSR count). The summed E-state index contributed by atoms with van der Waals surface area (Å²) in [4.78, 5) is 15.2. The van der Waals surface area contributed by atoms with Crippen LogP contribution in [-0.4, -0.2) is 20.6 Å². The second-order valence-corrected chi connectivity index (χ2v) is 5.21. The van der Waals surface area contributed by atoms with E-state index in [0.29, 0.717) is 5.56 Å². The molecule has 108 valence electrons. The van der Waals surface area contributed by atoms with E-state index < -0.39 is 5.97 Å². The van der Waals surface area contributed by atoms with Gasteiger partial charge in [-0.2, -0.15) is 0 Å². The fraction of sp³-hybridized carbons (Fsp3) is 0.500. The van der Waals surface area contributed by atoms with Crippen molar-refractivity contribution < 1.29 is 9.90 Å². The van der Waals surface area contributed by atoms with Gasteiger partial charge in [-0.05, 0) is 24.6 Å². The number of aryl methyl sites for hydroxylation is 1. The normalized spacial score (nSPS) is 11.1. The first kappa shape index (κ1) is 14.6. The second-order valence-electron chi connectivity index (χ2n) is 5.21. The maximum Gasteiger partial charge on any atom is 0.335 e. The van der Waals surface area contributed by atoms with Gasteiger partial charge in [0.2, 0.25) is 0 Å². The topological polar surface area (TPSA) is 55.1 Å². The predicted molar refractivity (Wildman–Crippen MR) is 80.1 cm³/mol. The molecule has 0 aliphatic rings. The van der Waals surface area contributed by atoms with Gasteiger partial charge in [0.15, 0.2) is 0 Å². The monoisotopic (exact) mass is 274 g/mol. The highest BCUT2D eigenvalue weighted by Gasteiger charge is 2.07. The van der Waals surface area contributed by atoms with Crippen molar-refractivity contribution in [1.82, 2.24) is 9.55 Å². The minimum atomic E-state index is -0.905. The summed E-state index contributed by atoms with van der Waals surface area (Å²) >= 11 is 0. The molecule has 0 aliphatic carbocycles. The molecule has 0 radical (unpaired) electrons. The molecule has 0 unspecified atom stereocenters. The number of hydrogen-bond donors (Lipinski definition) is 1. The zero-order valence-corrected chi connectivity index (χ0v) is 12.0. The van der Waals surface area contributed by atoms with Gasteiger partial charge in [-0.3, -0.25) is 0 Å². The Kier molecular flexibility index (Phi) is 5.16. The predicted octanol–water partition coefficient (Wildman–Crippen LogP) is 4.10. The molecule has 1 aromatic carbocycles. The largest absolute Gasteiger partial charge is 0.478 e. The number of benzene rings is 1. The third kappa shape index (κ3) is 3.59. The first-order chi connectivity index (χ1) is 9.72. The highest BCUT2D eigenvalue weighted by atomic mass is 16.4. The van der Waals surface area contributed by atoms with Crippen molar-refractivity contribution in [1.29, 1.82) is 0 Å². The lowest BCUT2D eigenvalue weighted by Crippen LogP contribution is -1.98. The summed E-state index contributed by atoms with van der Waals surface area (Å²) in [5, 5.41) is 8.96. The molecule has 4 nitrogen and oxygen atoms in total. The highest BCUT2D eigenvalue weighted by Crippen LogP contribution is 2.16. The van der Waals surface area contributed by atoms with Crippen LogP contribution in [0.25, 0.3) is 11.0 Å². The first-order valence-electron chi connectivity index (χ1n) is 7.40. The number of carbonyl (C=O) groups is 1. The van der Waals surface area contributed by atoms with Crippen molar-refractivity contribution in [2.75, 3.05) is 0 Å². The van der Waals surface area contributed by atoms with Gasteiger partial charge in [-0.15, -0.1) is 0 Å². The maximum absolute atomic E-state index is 10.9. The number of fused-ring (bicyclic) bond motifs is 1. The van der Waals surface area contributed by atoms with Crippen LogP contribution in [0.2, 0.25) is 0 Å². The Morgan fingerprint density at radius 3 is 2.70 bits per heavy atom. The fourth-order valence-corrected chi connectivity index (χ4v) is 2.44. The van der Waals surface area contributed by atoms with Crippen LogP contribution in [0.4, 0.5) is 0 Å². The summed E-state index contributed by atoms with van der Waals surface area (Å²) in [7, 11) is 0. The third-order valence-corrected chi connectivity index (χ3v) is 3.62. The lowest BCUT2D eigenvalue weighted by atomic mass is 10.1. The molecule has 20 heavy (non-hydrogen) atoms. The molecule has 0 amide bonds. The third-order valence-electron chi connectivity index (χ3n) is 3.62. The van der Waals surface area contributed by atoms with E-state index in [9.17, 15) is 4.79 Å². The van der Waals surface area contributed by atoms with Crippen LogP contribution in [0.5, 0.6) is 0 Å². The van der Waals surface area contributed by atoms with Gasteiger partial charge in [0.25, 0.3) is 0 Å². The molecule has 1 heterocycles. The van der Waals surface area contributed by atoms with E-state index in [2.05, 4.69) is 16.5 Å². The van der Waals surface area contributed by atoms with E-state index in [4.69, 9.17) is 5.11 Å². The Morgan fingerprint density at radius 2 is 1.95 bits per heavy atom. The standard InChI is InChI=1S/C16H22N2O2/c1-2-3-4-5-6-7-10-18-12-17-14-11-13(16(19)20)8-9-15(14)18/h8-9,11-12H,2-7,10H2,1H3,(H,19,20). The molecule has 4 heteroatoms. The summed E-state index contributed by atoms with van der Waals surface area (Å²) < 4.78 is 2.11. The van der Waals surface area contributed by atoms with Crippen molar-refractivity contribution in [3.8, 4) is 0 Å². The molecule has 1 aromatic heterocycles. The van der Waals surface area contributed by atoms with Crippen molar-refractivity contribution in [3.05, 3.63) is 30.1 Å². The summed E-state index contributed by atoms with van der Waals surface area (Å²) in [5.41, 5.74) is 2.07. The quantitative estimate of drug-likeness (QED) is 0.737. The minimum absolute atomic E-state index is 0.294. The summed E-state index contributed by atoms with van der Waals surface area (Å²) in [6.45, 7) is 3.18. The van der Waals surface area contributed by atoms with Crippen LogP contribution in [0.1, 0.15) is 55.8 Å². The van der Waals surface area contributed by atoms with E-state index >= 15 is 0 Å². The highest BCUT2D eigenvalue weighted by molar-refractivity contribution is 5.92. The van der Waals surface area contributed by atoms with Gasteiger partial charge >= 0.3 is 5.97 Å². The van der Waals surface area contributed by atoms with E-state index in [1.165, 1.54) is 32.1 Å². The van der Waals surface area contributed by atoms with E-state index in [-0.39, 0.29) is 0 Å². The summed E-state index contributed by atoms with van der Waals surface area (Å²) in [6, 6.07) is 5.13. The van der Waals surface area contributed by atoms with Gasteiger partial charge in [-0.25, -0.2) is 9.78 Å². The van der Waals surface area contributed by atoms with Gasteiger partial charge in [0.1, 0.15) is 0 Å². The lowest BCUT2D eigenvalue weighted by Gasteiger charge is -2.04. The van der Waals surface area contributed by atoms with Gasteiger partial charge in [0, 0.05) is 6.54 Å². The smallest absolute Gasteiger partial charge is 0.335 e. The molecule has 0 saturated carbocycles. The number of carboxylic acid groups (broad SMARTS) is 1. The Balaban J connectivity index is 1.92. The van der Waals surface area contributed by atoms with Crippen molar-refractivity contribution in [2.45, 2.75) is 52.0 Å². The maximum atomic E-state index is 10.9. The Hall–Kier alpha value is -1.84. The van der Waals surface area contributed by atoms with E-state index in [0.717, 1.165) is 24.0 Å². The van der Waals surface area contributed by atoms with Crippen LogP contribution in [0.15, 0.2) is 24.5 Å². The van der Waals surface area contributed by atoms with E-state index in [1.807, 2.05) is 12.4 Å².